The van der Waals surface area contributed by atoms with Gasteiger partial charge in [-0.25, -0.2) is 0 Å². The monoisotopic (exact) mass is 461 g/mol. The van der Waals surface area contributed by atoms with Crippen LogP contribution in [0.25, 0.3) is 0 Å². The van der Waals surface area contributed by atoms with Crippen molar-refractivity contribution in [2.45, 2.75) is 38.3 Å². The summed E-state index contributed by atoms with van der Waals surface area (Å²) in [7, 11) is 1.61. The van der Waals surface area contributed by atoms with Gasteiger partial charge in [-0.1, -0.05) is 0 Å². The normalized spacial score (nSPS) is 21.0. The maximum Gasteiger partial charge on any atom is 0.387 e. The number of methoxy groups -OCH3 is 1. The van der Waals surface area contributed by atoms with Crippen molar-refractivity contribution in [3.05, 3.63) is 42.7 Å². The number of alkyl halides is 2. The predicted octanol–water partition coefficient (Wildman–Crippen LogP) is 4.25. The van der Waals surface area contributed by atoms with E-state index in [0.717, 1.165) is 37.1 Å². The van der Waals surface area contributed by atoms with Gasteiger partial charge in [-0.3, -0.25) is 9.78 Å². The van der Waals surface area contributed by atoms with E-state index in [1.165, 1.54) is 12.1 Å². The van der Waals surface area contributed by atoms with Gasteiger partial charge in [-0.05, 0) is 49.9 Å². The van der Waals surface area contributed by atoms with Crippen LogP contribution in [0.5, 0.6) is 11.5 Å². The molecule has 2 fully saturated rings. The van der Waals surface area contributed by atoms with Crippen LogP contribution in [0.2, 0.25) is 0 Å². The van der Waals surface area contributed by atoms with Crippen molar-refractivity contribution < 1.29 is 27.8 Å². The van der Waals surface area contributed by atoms with Gasteiger partial charge in [-0.15, -0.1) is 0 Å². The number of amides is 1. The summed E-state index contributed by atoms with van der Waals surface area (Å²) in [5.74, 6) is 1.01. The summed E-state index contributed by atoms with van der Waals surface area (Å²) < 4.78 is 40.6. The number of rotatable bonds is 7. The van der Waals surface area contributed by atoms with Gasteiger partial charge < -0.3 is 24.0 Å². The third-order valence-electron chi connectivity index (χ3n) is 6.31. The van der Waals surface area contributed by atoms with Gasteiger partial charge in [0.05, 0.1) is 26.5 Å². The first-order valence-electron chi connectivity index (χ1n) is 11.3. The number of ether oxygens (including phenoxy) is 3. The Morgan fingerprint density at radius 3 is 2.45 bits per heavy atom. The summed E-state index contributed by atoms with van der Waals surface area (Å²) >= 11 is 0. The van der Waals surface area contributed by atoms with Crippen molar-refractivity contribution in [1.29, 1.82) is 0 Å². The van der Waals surface area contributed by atoms with E-state index < -0.39 is 6.61 Å². The molecule has 1 aromatic heterocycles. The summed E-state index contributed by atoms with van der Waals surface area (Å²) in [6.07, 6.45) is 6.60. The number of benzene rings is 1. The predicted molar refractivity (Wildman–Crippen MR) is 119 cm³/mol. The molecule has 4 rings (SSSR count). The standard InChI is InChI=1S/C24H29F2N3O4/c1-31-22-10-11-27-16-21(22)29(19-6-8-20(9-7-19)33-24(25)26)18-4-2-17(3-5-18)23(30)28-12-14-32-15-13-28/h6-11,16-18,24H,2-5,12-15H2,1H3. The Hall–Kier alpha value is -2.94. The maximum atomic E-state index is 12.9. The zero-order valence-electron chi connectivity index (χ0n) is 18.7. The quantitative estimate of drug-likeness (QED) is 0.615. The Morgan fingerprint density at radius 1 is 1.12 bits per heavy atom. The molecule has 0 atom stereocenters. The summed E-state index contributed by atoms with van der Waals surface area (Å²) in [6, 6.07) is 8.49. The number of carbonyl (C=O) groups excluding carboxylic acids is 1. The van der Waals surface area contributed by atoms with Crippen molar-refractivity contribution in [2.75, 3.05) is 38.3 Å². The molecule has 1 amide bonds. The number of pyridine rings is 1. The highest BCUT2D eigenvalue weighted by atomic mass is 19.3. The second-order valence-electron chi connectivity index (χ2n) is 8.23. The summed E-state index contributed by atoms with van der Waals surface area (Å²) in [5, 5.41) is 0. The van der Waals surface area contributed by atoms with Crippen LogP contribution in [0.15, 0.2) is 42.7 Å². The lowest BCUT2D eigenvalue weighted by Crippen LogP contribution is -2.45. The molecule has 1 aliphatic heterocycles. The van der Waals surface area contributed by atoms with Gasteiger partial charge in [0.1, 0.15) is 17.2 Å². The zero-order chi connectivity index (χ0) is 23.2. The molecule has 2 aromatic rings. The average molecular weight is 462 g/mol. The van der Waals surface area contributed by atoms with E-state index in [-0.39, 0.29) is 23.6 Å². The van der Waals surface area contributed by atoms with E-state index in [2.05, 4.69) is 14.6 Å². The lowest BCUT2D eigenvalue weighted by Gasteiger charge is -2.39. The molecule has 1 saturated heterocycles. The number of halogens is 2. The largest absolute Gasteiger partial charge is 0.494 e. The molecule has 0 N–H and O–H groups in total. The van der Waals surface area contributed by atoms with Crippen LogP contribution in [-0.4, -0.2) is 61.9 Å². The van der Waals surface area contributed by atoms with Crippen LogP contribution in [0, 0.1) is 5.92 Å². The highest BCUT2D eigenvalue weighted by Gasteiger charge is 2.33. The second kappa shape index (κ2) is 10.8. The number of morpholine rings is 1. The number of nitrogens with zero attached hydrogens (tertiary/aromatic N) is 3. The molecule has 9 heteroatoms. The van der Waals surface area contributed by atoms with Crippen LogP contribution in [-0.2, 0) is 9.53 Å². The molecular weight excluding hydrogens is 432 g/mol. The summed E-state index contributed by atoms with van der Waals surface area (Å²) in [4.78, 5) is 21.3. The van der Waals surface area contributed by atoms with E-state index in [4.69, 9.17) is 9.47 Å². The fourth-order valence-electron chi connectivity index (χ4n) is 4.68. The zero-order valence-corrected chi connectivity index (χ0v) is 18.7. The van der Waals surface area contributed by atoms with Crippen molar-refractivity contribution in [3.63, 3.8) is 0 Å². The van der Waals surface area contributed by atoms with Crippen LogP contribution >= 0.6 is 0 Å². The minimum absolute atomic E-state index is 0.0128. The molecule has 0 spiro atoms. The number of hydrogen-bond donors (Lipinski definition) is 0. The van der Waals surface area contributed by atoms with Crippen molar-refractivity contribution in [3.8, 4) is 11.5 Å². The minimum Gasteiger partial charge on any atom is -0.494 e. The molecule has 1 saturated carbocycles. The van der Waals surface area contributed by atoms with Gasteiger partial charge in [-0.2, -0.15) is 8.78 Å². The van der Waals surface area contributed by atoms with E-state index in [0.29, 0.717) is 32.1 Å². The highest BCUT2D eigenvalue weighted by Crippen LogP contribution is 2.40. The molecule has 178 valence electrons. The van der Waals surface area contributed by atoms with Crippen LogP contribution in [0.3, 0.4) is 0 Å². The number of aromatic nitrogens is 1. The molecule has 1 aromatic carbocycles. The molecular formula is C24H29F2N3O4. The Balaban J connectivity index is 1.54. The van der Waals surface area contributed by atoms with Crippen molar-refractivity contribution >= 4 is 17.3 Å². The minimum atomic E-state index is -2.87. The number of carbonyl (C=O) groups is 1. The average Bonchev–Trinajstić information content (AvgIpc) is 2.86. The Kier molecular flexibility index (Phi) is 7.59. The van der Waals surface area contributed by atoms with E-state index >= 15 is 0 Å². The first-order chi connectivity index (χ1) is 16.1. The first kappa shape index (κ1) is 23.2. The smallest absolute Gasteiger partial charge is 0.387 e. The molecule has 7 nitrogen and oxygen atoms in total. The van der Waals surface area contributed by atoms with E-state index in [1.807, 2.05) is 4.90 Å². The molecule has 2 aliphatic rings. The van der Waals surface area contributed by atoms with Gasteiger partial charge in [0.2, 0.25) is 5.91 Å². The van der Waals surface area contributed by atoms with Gasteiger partial charge in [0.15, 0.2) is 0 Å². The first-order valence-corrected chi connectivity index (χ1v) is 11.3. The third kappa shape index (κ3) is 5.52. The molecule has 1 aliphatic carbocycles. The second-order valence-corrected chi connectivity index (χ2v) is 8.23. The number of hydrogen-bond acceptors (Lipinski definition) is 6. The molecule has 2 heterocycles. The van der Waals surface area contributed by atoms with Crippen LogP contribution < -0.4 is 14.4 Å². The topological polar surface area (TPSA) is 64.1 Å². The fourth-order valence-corrected chi connectivity index (χ4v) is 4.68. The third-order valence-corrected chi connectivity index (χ3v) is 6.31. The molecule has 0 bridgehead atoms. The van der Waals surface area contributed by atoms with Gasteiger partial charge in [0, 0.05) is 43.0 Å². The van der Waals surface area contributed by atoms with E-state index in [9.17, 15) is 13.6 Å². The van der Waals surface area contributed by atoms with E-state index in [1.54, 1.807) is 37.7 Å². The lowest BCUT2D eigenvalue weighted by molar-refractivity contribution is -0.140. The molecule has 0 radical (unpaired) electrons. The van der Waals surface area contributed by atoms with Gasteiger partial charge in [0.25, 0.3) is 0 Å². The lowest BCUT2D eigenvalue weighted by atomic mass is 9.84. The maximum absolute atomic E-state index is 12.9. The van der Waals surface area contributed by atoms with Crippen molar-refractivity contribution in [2.24, 2.45) is 5.92 Å². The Bertz CT molecular complexity index is 914. The fraction of sp³-hybridized carbons (Fsp3) is 0.500. The number of anilines is 2. The Morgan fingerprint density at radius 2 is 1.82 bits per heavy atom. The summed E-state index contributed by atoms with van der Waals surface area (Å²) in [5.41, 5.74) is 1.62. The highest BCUT2D eigenvalue weighted by molar-refractivity contribution is 5.79. The Labute approximate surface area is 192 Å². The van der Waals surface area contributed by atoms with Crippen molar-refractivity contribution in [1.82, 2.24) is 9.88 Å². The van der Waals surface area contributed by atoms with Gasteiger partial charge >= 0.3 is 6.61 Å². The molecule has 0 unspecified atom stereocenters. The van der Waals surface area contributed by atoms with Crippen LogP contribution in [0.4, 0.5) is 20.2 Å². The summed E-state index contributed by atoms with van der Waals surface area (Å²) in [6.45, 7) is -0.359. The SMILES string of the molecule is COc1ccncc1N(c1ccc(OC(F)F)cc1)C1CCC(C(=O)N2CCOCC2)CC1. The van der Waals surface area contributed by atoms with Crippen LogP contribution in [0.1, 0.15) is 25.7 Å². The molecule has 33 heavy (non-hydrogen) atoms.